The summed E-state index contributed by atoms with van der Waals surface area (Å²) in [4.78, 5) is 6.51. The van der Waals surface area contributed by atoms with Gasteiger partial charge in [-0.1, -0.05) is 30.3 Å². The first-order chi connectivity index (χ1) is 9.88. The zero-order chi connectivity index (χ0) is 13.8. The summed E-state index contributed by atoms with van der Waals surface area (Å²) in [6.45, 7) is 1.33. The number of aromatic nitrogens is 1. The molecular weight excluding hydrogens is 252 g/mol. The average Bonchev–Trinajstić information content (AvgIpc) is 2.96. The third kappa shape index (κ3) is 2.51. The van der Waals surface area contributed by atoms with Crippen molar-refractivity contribution in [1.82, 2.24) is 4.98 Å². The predicted octanol–water partition coefficient (Wildman–Crippen LogP) is 2.83. The smallest absolute Gasteiger partial charge is 0.140 e. The zero-order valence-corrected chi connectivity index (χ0v) is 11.1. The molecule has 20 heavy (non-hydrogen) atoms. The zero-order valence-electron chi connectivity index (χ0n) is 11.1. The number of aliphatic hydroxyl groups is 1. The minimum atomic E-state index is 0.0861. The molecule has 0 aliphatic rings. The van der Waals surface area contributed by atoms with Gasteiger partial charge in [-0.3, -0.25) is 0 Å². The van der Waals surface area contributed by atoms with Crippen molar-refractivity contribution in [2.75, 3.05) is 18.1 Å². The third-order valence-electron chi connectivity index (χ3n) is 3.24. The second kappa shape index (κ2) is 5.75. The Morgan fingerprint density at radius 3 is 2.75 bits per heavy atom. The molecule has 3 rings (SSSR count). The summed E-state index contributed by atoms with van der Waals surface area (Å²) in [5, 5.41) is 10.3. The largest absolute Gasteiger partial charge is 0.464 e. The van der Waals surface area contributed by atoms with Crippen LogP contribution in [0.1, 0.15) is 5.56 Å². The molecule has 0 aliphatic carbocycles. The van der Waals surface area contributed by atoms with Gasteiger partial charge < -0.3 is 14.4 Å². The van der Waals surface area contributed by atoms with Crippen LogP contribution in [0.4, 0.5) is 5.82 Å². The number of furan rings is 1. The highest BCUT2D eigenvalue weighted by molar-refractivity contribution is 5.88. The molecule has 102 valence electrons. The SMILES string of the molecule is OCCN(Cc1ccccc1)c1nccc2occc12. The molecule has 0 amide bonds. The van der Waals surface area contributed by atoms with Crippen LogP contribution in [-0.4, -0.2) is 23.2 Å². The van der Waals surface area contributed by atoms with Crippen LogP contribution in [0.15, 0.2) is 59.3 Å². The highest BCUT2D eigenvalue weighted by Gasteiger charge is 2.13. The first-order valence-electron chi connectivity index (χ1n) is 6.60. The van der Waals surface area contributed by atoms with E-state index in [2.05, 4.69) is 22.0 Å². The Morgan fingerprint density at radius 1 is 1.10 bits per heavy atom. The van der Waals surface area contributed by atoms with Crippen LogP contribution < -0.4 is 4.90 Å². The number of anilines is 1. The van der Waals surface area contributed by atoms with E-state index in [9.17, 15) is 5.11 Å². The second-order valence-electron chi connectivity index (χ2n) is 4.60. The van der Waals surface area contributed by atoms with Crippen molar-refractivity contribution in [3.8, 4) is 0 Å². The molecule has 0 bridgehead atoms. The van der Waals surface area contributed by atoms with E-state index < -0.39 is 0 Å². The van der Waals surface area contributed by atoms with Crippen LogP contribution in [-0.2, 0) is 6.54 Å². The summed E-state index contributed by atoms with van der Waals surface area (Å²) >= 11 is 0. The van der Waals surface area contributed by atoms with E-state index in [0.717, 1.165) is 16.8 Å². The lowest BCUT2D eigenvalue weighted by Gasteiger charge is -2.23. The van der Waals surface area contributed by atoms with Gasteiger partial charge in [-0.05, 0) is 17.7 Å². The highest BCUT2D eigenvalue weighted by atomic mass is 16.3. The Morgan fingerprint density at radius 2 is 1.95 bits per heavy atom. The first-order valence-corrected chi connectivity index (χ1v) is 6.60. The van der Waals surface area contributed by atoms with Crippen LogP contribution >= 0.6 is 0 Å². The lowest BCUT2D eigenvalue weighted by molar-refractivity contribution is 0.301. The van der Waals surface area contributed by atoms with Crippen LogP contribution in [0, 0.1) is 0 Å². The van der Waals surface area contributed by atoms with Crippen molar-refractivity contribution in [1.29, 1.82) is 0 Å². The van der Waals surface area contributed by atoms with Gasteiger partial charge in [0, 0.05) is 19.3 Å². The molecule has 1 N–H and O–H groups in total. The first kappa shape index (κ1) is 12.7. The van der Waals surface area contributed by atoms with E-state index >= 15 is 0 Å². The molecule has 2 heterocycles. The number of aliphatic hydroxyl groups excluding tert-OH is 1. The Hall–Kier alpha value is -2.33. The normalized spacial score (nSPS) is 10.8. The maximum Gasteiger partial charge on any atom is 0.140 e. The molecule has 1 aromatic carbocycles. The Kier molecular flexibility index (Phi) is 3.65. The van der Waals surface area contributed by atoms with E-state index in [1.54, 1.807) is 12.5 Å². The van der Waals surface area contributed by atoms with Gasteiger partial charge in [0.2, 0.25) is 0 Å². The van der Waals surface area contributed by atoms with E-state index in [1.165, 1.54) is 5.56 Å². The van der Waals surface area contributed by atoms with Crippen molar-refractivity contribution in [2.24, 2.45) is 0 Å². The summed E-state index contributed by atoms with van der Waals surface area (Å²) in [7, 11) is 0. The highest BCUT2D eigenvalue weighted by Crippen LogP contribution is 2.26. The number of hydrogen-bond donors (Lipinski definition) is 1. The number of rotatable bonds is 5. The van der Waals surface area contributed by atoms with Crippen molar-refractivity contribution in [3.63, 3.8) is 0 Å². The maximum absolute atomic E-state index is 9.31. The molecule has 0 atom stereocenters. The summed E-state index contributed by atoms with van der Waals surface area (Å²) in [5.41, 5.74) is 1.99. The molecule has 0 fully saturated rings. The van der Waals surface area contributed by atoms with Crippen LogP contribution in [0.5, 0.6) is 0 Å². The fourth-order valence-electron chi connectivity index (χ4n) is 2.32. The van der Waals surface area contributed by atoms with E-state index in [1.807, 2.05) is 30.3 Å². The van der Waals surface area contributed by atoms with E-state index in [0.29, 0.717) is 13.1 Å². The van der Waals surface area contributed by atoms with E-state index in [4.69, 9.17) is 4.42 Å². The van der Waals surface area contributed by atoms with Gasteiger partial charge in [0.1, 0.15) is 11.4 Å². The van der Waals surface area contributed by atoms with Gasteiger partial charge >= 0.3 is 0 Å². The lowest BCUT2D eigenvalue weighted by atomic mass is 10.2. The minimum Gasteiger partial charge on any atom is -0.464 e. The number of hydrogen-bond acceptors (Lipinski definition) is 4. The summed E-state index contributed by atoms with van der Waals surface area (Å²) in [6.07, 6.45) is 3.39. The standard InChI is InChI=1S/C16H16N2O2/c19-10-9-18(12-13-4-2-1-3-5-13)16-14-7-11-20-15(14)6-8-17-16/h1-8,11,19H,9-10,12H2. The Bertz CT molecular complexity index is 679. The maximum atomic E-state index is 9.31. The Labute approximate surface area is 117 Å². The quantitative estimate of drug-likeness (QED) is 0.773. The number of fused-ring (bicyclic) bond motifs is 1. The van der Waals surface area contributed by atoms with Crippen LogP contribution in [0.2, 0.25) is 0 Å². The lowest BCUT2D eigenvalue weighted by Crippen LogP contribution is -2.27. The molecule has 0 aliphatic heterocycles. The van der Waals surface area contributed by atoms with Crippen molar-refractivity contribution >= 4 is 16.8 Å². The summed E-state index contributed by atoms with van der Waals surface area (Å²) in [5.74, 6) is 0.842. The summed E-state index contributed by atoms with van der Waals surface area (Å²) in [6, 6.07) is 13.9. The van der Waals surface area contributed by atoms with E-state index in [-0.39, 0.29) is 6.61 Å². The average molecular weight is 268 g/mol. The van der Waals surface area contributed by atoms with Gasteiger partial charge in [0.05, 0.1) is 18.3 Å². The number of nitrogens with zero attached hydrogens (tertiary/aromatic N) is 2. The molecule has 3 aromatic rings. The fourth-order valence-corrected chi connectivity index (χ4v) is 2.32. The number of pyridine rings is 1. The second-order valence-corrected chi connectivity index (χ2v) is 4.60. The molecule has 2 aromatic heterocycles. The number of benzene rings is 1. The molecule has 0 saturated heterocycles. The van der Waals surface area contributed by atoms with Crippen LogP contribution in [0.3, 0.4) is 0 Å². The third-order valence-corrected chi connectivity index (χ3v) is 3.24. The van der Waals surface area contributed by atoms with Crippen molar-refractivity contribution in [3.05, 3.63) is 60.5 Å². The molecule has 4 heteroatoms. The molecule has 4 nitrogen and oxygen atoms in total. The molecule has 0 radical (unpaired) electrons. The monoisotopic (exact) mass is 268 g/mol. The van der Waals surface area contributed by atoms with Crippen molar-refractivity contribution < 1.29 is 9.52 Å². The molecule has 0 saturated carbocycles. The molecule has 0 unspecified atom stereocenters. The van der Waals surface area contributed by atoms with Gasteiger partial charge in [0.15, 0.2) is 0 Å². The van der Waals surface area contributed by atoms with Crippen molar-refractivity contribution in [2.45, 2.75) is 6.54 Å². The minimum absolute atomic E-state index is 0.0861. The van der Waals surface area contributed by atoms with Gasteiger partial charge in [0.25, 0.3) is 0 Å². The predicted molar refractivity (Wildman–Crippen MR) is 78.6 cm³/mol. The molecular formula is C16H16N2O2. The van der Waals surface area contributed by atoms with Gasteiger partial charge in [-0.15, -0.1) is 0 Å². The summed E-state index contributed by atoms with van der Waals surface area (Å²) < 4.78 is 5.41. The van der Waals surface area contributed by atoms with Gasteiger partial charge in [-0.2, -0.15) is 0 Å². The fraction of sp³-hybridized carbons (Fsp3) is 0.188. The topological polar surface area (TPSA) is 49.5 Å². The van der Waals surface area contributed by atoms with Gasteiger partial charge in [-0.25, -0.2) is 4.98 Å². The van der Waals surface area contributed by atoms with Crippen LogP contribution in [0.25, 0.3) is 11.0 Å². The Balaban J connectivity index is 1.96. The molecule has 0 spiro atoms.